The third-order valence-corrected chi connectivity index (χ3v) is 3.61. The average molecular weight is 313 g/mol. The van der Waals surface area contributed by atoms with Crippen molar-refractivity contribution >= 4 is 29.5 Å². The maximum absolute atomic E-state index is 11.8. The van der Waals surface area contributed by atoms with Gasteiger partial charge in [0, 0.05) is 23.8 Å². The third-order valence-electron chi connectivity index (χ3n) is 3.24. The molecule has 1 aromatic carbocycles. The lowest BCUT2D eigenvalue weighted by molar-refractivity contribution is -0.130. The molecule has 0 fully saturated rings. The van der Waals surface area contributed by atoms with Crippen molar-refractivity contribution in [1.82, 2.24) is 4.98 Å². The van der Waals surface area contributed by atoms with Gasteiger partial charge in [-0.25, -0.2) is 9.79 Å². The molecule has 0 amide bonds. The fourth-order valence-corrected chi connectivity index (χ4v) is 2.35. The number of hydrogen-bond donors (Lipinski definition) is 0. The van der Waals surface area contributed by atoms with Crippen LogP contribution < -0.4 is 0 Å². The lowest BCUT2D eigenvalue weighted by atomic mass is 10.1. The van der Waals surface area contributed by atoms with E-state index in [0.29, 0.717) is 29.5 Å². The summed E-state index contributed by atoms with van der Waals surface area (Å²) in [4.78, 5) is 20.0. The summed E-state index contributed by atoms with van der Waals surface area (Å²) in [6, 6.07) is 11.2. The van der Waals surface area contributed by atoms with Gasteiger partial charge in [0.1, 0.15) is 0 Å². The highest BCUT2D eigenvalue weighted by molar-refractivity contribution is 6.31. The van der Waals surface area contributed by atoms with Crippen molar-refractivity contribution in [2.24, 2.45) is 4.99 Å². The molecule has 0 saturated carbocycles. The van der Waals surface area contributed by atoms with Crippen molar-refractivity contribution in [3.05, 3.63) is 70.6 Å². The summed E-state index contributed by atoms with van der Waals surface area (Å²) in [6.07, 6.45) is 6.22. The number of cyclic esters (lactones) is 1. The van der Waals surface area contributed by atoms with E-state index in [1.807, 2.05) is 24.3 Å². The van der Waals surface area contributed by atoms with Gasteiger partial charge in [0.25, 0.3) is 0 Å². The number of halogens is 1. The summed E-state index contributed by atoms with van der Waals surface area (Å²) in [5, 5.41) is 0.708. The second-order valence-electron chi connectivity index (χ2n) is 4.80. The molecule has 4 nitrogen and oxygen atoms in total. The van der Waals surface area contributed by atoms with Crippen molar-refractivity contribution in [3.63, 3.8) is 0 Å². The van der Waals surface area contributed by atoms with Gasteiger partial charge in [-0.2, -0.15) is 0 Å². The van der Waals surface area contributed by atoms with Crippen LogP contribution in [0.5, 0.6) is 0 Å². The van der Waals surface area contributed by atoms with Gasteiger partial charge in [-0.15, -0.1) is 0 Å². The van der Waals surface area contributed by atoms with Crippen molar-refractivity contribution in [2.45, 2.75) is 12.8 Å². The first kappa shape index (κ1) is 14.5. The Labute approximate surface area is 133 Å². The zero-order valence-corrected chi connectivity index (χ0v) is 12.5. The van der Waals surface area contributed by atoms with Crippen LogP contribution in [0.25, 0.3) is 6.08 Å². The van der Waals surface area contributed by atoms with Gasteiger partial charge in [-0.05, 0) is 41.8 Å². The van der Waals surface area contributed by atoms with Crippen LogP contribution in [0.1, 0.15) is 17.5 Å². The number of carbonyl (C=O) groups excluding carboxylic acids is 1. The Morgan fingerprint density at radius 2 is 1.86 bits per heavy atom. The van der Waals surface area contributed by atoms with Crippen molar-refractivity contribution in [3.8, 4) is 0 Å². The van der Waals surface area contributed by atoms with Crippen molar-refractivity contribution in [1.29, 1.82) is 0 Å². The second kappa shape index (κ2) is 6.54. The Bertz CT molecular complexity index is 754. The minimum absolute atomic E-state index is 0.306. The molecule has 0 saturated heterocycles. The standard InChI is InChI=1S/C17H13ClN2O2/c18-14-4-2-1-3-13(14)5-6-16-20-15(17(21)22-16)11-12-7-9-19-10-8-12/h1-4,7-11H,5-6H2/b15-11+. The van der Waals surface area contributed by atoms with E-state index in [0.717, 1.165) is 11.1 Å². The molecule has 1 aromatic heterocycles. The molecule has 5 heteroatoms. The Hall–Kier alpha value is -2.46. The SMILES string of the molecule is O=C1OC(CCc2ccccc2Cl)=N/C1=C/c1ccncc1. The maximum atomic E-state index is 11.8. The molecule has 110 valence electrons. The molecule has 0 unspecified atom stereocenters. The van der Waals surface area contributed by atoms with Crippen LogP contribution in [0.15, 0.2) is 59.5 Å². The van der Waals surface area contributed by atoms with Gasteiger partial charge in [0.15, 0.2) is 11.6 Å². The Balaban J connectivity index is 1.71. The highest BCUT2D eigenvalue weighted by Gasteiger charge is 2.22. The van der Waals surface area contributed by atoms with Crippen LogP contribution >= 0.6 is 11.6 Å². The van der Waals surface area contributed by atoms with Crippen LogP contribution in [0, 0.1) is 0 Å². The monoisotopic (exact) mass is 312 g/mol. The number of pyridine rings is 1. The zero-order chi connectivity index (χ0) is 15.4. The summed E-state index contributed by atoms with van der Waals surface area (Å²) in [7, 11) is 0. The Kier molecular flexibility index (Phi) is 4.30. The van der Waals surface area contributed by atoms with Gasteiger partial charge < -0.3 is 4.74 Å². The van der Waals surface area contributed by atoms with Crippen LogP contribution in [0.2, 0.25) is 5.02 Å². The number of nitrogens with zero attached hydrogens (tertiary/aromatic N) is 2. The fraction of sp³-hybridized carbons (Fsp3) is 0.118. The molecule has 0 bridgehead atoms. The average Bonchev–Trinajstić information content (AvgIpc) is 2.88. The molecule has 0 N–H and O–H groups in total. The van der Waals surface area contributed by atoms with E-state index in [1.165, 1.54) is 0 Å². The van der Waals surface area contributed by atoms with Crippen LogP contribution in [-0.4, -0.2) is 16.9 Å². The first-order chi connectivity index (χ1) is 10.7. The smallest absolute Gasteiger partial charge is 0.363 e. The normalized spacial score (nSPS) is 15.8. The number of ether oxygens (including phenoxy) is 1. The predicted molar refractivity (Wildman–Crippen MR) is 85.5 cm³/mol. The number of rotatable bonds is 4. The molecule has 1 aliphatic heterocycles. The first-order valence-electron chi connectivity index (χ1n) is 6.87. The lowest BCUT2D eigenvalue weighted by Gasteiger charge is -2.02. The number of hydrogen-bond acceptors (Lipinski definition) is 4. The molecular formula is C17H13ClN2O2. The van der Waals surface area contributed by atoms with Crippen LogP contribution in [0.3, 0.4) is 0 Å². The molecule has 2 heterocycles. The molecule has 0 atom stereocenters. The summed E-state index contributed by atoms with van der Waals surface area (Å²) in [5.74, 6) is -0.00352. The van der Waals surface area contributed by atoms with E-state index in [1.54, 1.807) is 30.6 Å². The number of esters is 1. The molecule has 0 spiro atoms. The van der Waals surface area contributed by atoms with Gasteiger partial charge in [0.2, 0.25) is 0 Å². The first-order valence-corrected chi connectivity index (χ1v) is 7.25. The number of carbonyl (C=O) groups is 1. The van der Waals surface area contributed by atoms with Gasteiger partial charge in [0.05, 0.1) is 0 Å². The number of aromatic nitrogens is 1. The minimum Gasteiger partial charge on any atom is -0.407 e. The van der Waals surface area contributed by atoms with Gasteiger partial charge in [-0.3, -0.25) is 4.98 Å². The van der Waals surface area contributed by atoms with Crippen LogP contribution in [-0.2, 0) is 16.0 Å². The Morgan fingerprint density at radius 3 is 2.64 bits per heavy atom. The number of aryl methyl sites for hydroxylation is 1. The van der Waals surface area contributed by atoms with E-state index in [-0.39, 0.29) is 0 Å². The van der Waals surface area contributed by atoms with Crippen molar-refractivity contribution < 1.29 is 9.53 Å². The van der Waals surface area contributed by atoms with E-state index < -0.39 is 5.97 Å². The van der Waals surface area contributed by atoms with E-state index in [4.69, 9.17) is 16.3 Å². The van der Waals surface area contributed by atoms with E-state index in [2.05, 4.69) is 9.98 Å². The highest BCUT2D eigenvalue weighted by atomic mass is 35.5. The summed E-state index contributed by atoms with van der Waals surface area (Å²) in [5.41, 5.74) is 2.17. The molecule has 0 radical (unpaired) electrons. The molecule has 2 aromatic rings. The van der Waals surface area contributed by atoms with Crippen molar-refractivity contribution in [2.75, 3.05) is 0 Å². The van der Waals surface area contributed by atoms with E-state index >= 15 is 0 Å². The van der Waals surface area contributed by atoms with Gasteiger partial charge in [-0.1, -0.05) is 29.8 Å². The summed E-state index contributed by atoms with van der Waals surface area (Å²) in [6.45, 7) is 0. The quantitative estimate of drug-likeness (QED) is 0.639. The fourth-order valence-electron chi connectivity index (χ4n) is 2.12. The molecule has 22 heavy (non-hydrogen) atoms. The van der Waals surface area contributed by atoms with Gasteiger partial charge >= 0.3 is 5.97 Å². The molecule has 0 aliphatic carbocycles. The second-order valence-corrected chi connectivity index (χ2v) is 5.20. The topological polar surface area (TPSA) is 51.5 Å². The zero-order valence-electron chi connectivity index (χ0n) is 11.7. The maximum Gasteiger partial charge on any atom is 0.363 e. The molecule has 1 aliphatic rings. The third kappa shape index (κ3) is 3.40. The minimum atomic E-state index is -0.425. The number of aliphatic imine (C=N–C) groups is 1. The van der Waals surface area contributed by atoms with E-state index in [9.17, 15) is 4.79 Å². The Morgan fingerprint density at radius 1 is 1.09 bits per heavy atom. The lowest BCUT2D eigenvalue weighted by Crippen LogP contribution is -2.05. The number of benzene rings is 1. The summed E-state index contributed by atoms with van der Waals surface area (Å²) >= 11 is 6.11. The predicted octanol–water partition coefficient (Wildman–Crippen LogP) is 3.66. The molecular weight excluding hydrogens is 300 g/mol. The summed E-state index contributed by atoms with van der Waals surface area (Å²) < 4.78 is 5.19. The largest absolute Gasteiger partial charge is 0.407 e. The molecule has 3 rings (SSSR count). The van der Waals surface area contributed by atoms with Crippen LogP contribution in [0.4, 0.5) is 0 Å². The highest BCUT2D eigenvalue weighted by Crippen LogP contribution is 2.20.